The summed E-state index contributed by atoms with van der Waals surface area (Å²) in [5, 5.41) is 0. The molecule has 0 saturated carbocycles. The summed E-state index contributed by atoms with van der Waals surface area (Å²) >= 11 is 0. The number of aromatic nitrogens is 4. The Labute approximate surface area is 93.2 Å². The van der Waals surface area contributed by atoms with Crippen LogP contribution in [0.4, 0.5) is 0 Å². The third-order valence-corrected chi connectivity index (χ3v) is 2.76. The minimum Gasteiger partial charge on any atom is -0.330 e. The maximum absolute atomic E-state index is 4.60. The molecule has 0 N–H and O–H groups in total. The van der Waals surface area contributed by atoms with Crippen LogP contribution in [-0.4, -0.2) is 19.1 Å². The molecule has 0 bridgehead atoms. The summed E-state index contributed by atoms with van der Waals surface area (Å²) < 4.78 is 4.14. The first-order chi connectivity index (χ1) is 7.84. The fourth-order valence-corrected chi connectivity index (χ4v) is 1.88. The lowest BCUT2D eigenvalue weighted by atomic mass is 10.3. The molecular weight excluding hydrogens is 200 g/mol. The molecule has 0 aliphatic carbocycles. The smallest absolute Gasteiger partial charge is 0.129 e. The Hall–Kier alpha value is -2.10. The van der Waals surface area contributed by atoms with Crippen LogP contribution in [0.3, 0.4) is 0 Å². The summed E-state index contributed by atoms with van der Waals surface area (Å²) in [4.78, 5) is 8.63. The third-order valence-electron chi connectivity index (χ3n) is 2.76. The van der Waals surface area contributed by atoms with E-state index in [1.807, 2.05) is 36.0 Å². The Morgan fingerprint density at radius 3 is 2.88 bits per heavy atom. The van der Waals surface area contributed by atoms with Crippen molar-refractivity contribution in [1.82, 2.24) is 19.1 Å². The van der Waals surface area contributed by atoms with Crippen LogP contribution in [0.2, 0.25) is 0 Å². The Morgan fingerprint density at radius 2 is 2.12 bits per heavy atom. The van der Waals surface area contributed by atoms with Crippen LogP contribution in [-0.2, 0) is 13.6 Å². The molecule has 4 nitrogen and oxygen atoms in total. The monoisotopic (exact) mass is 212 g/mol. The maximum atomic E-state index is 4.60. The highest BCUT2D eigenvalue weighted by Crippen LogP contribution is 2.14. The quantitative estimate of drug-likeness (QED) is 0.649. The van der Waals surface area contributed by atoms with E-state index in [2.05, 4.69) is 20.6 Å². The van der Waals surface area contributed by atoms with Crippen molar-refractivity contribution in [1.29, 1.82) is 0 Å². The Kier molecular flexibility index (Phi) is 1.99. The van der Waals surface area contributed by atoms with E-state index in [0.717, 1.165) is 23.4 Å². The first-order valence-electron chi connectivity index (χ1n) is 5.20. The topological polar surface area (TPSA) is 35.6 Å². The number of hydrogen-bond donors (Lipinski definition) is 0. The van der Waals surface area contributed by atoms with E-state index in [-0.39, 0.29) is 0 Å². The molecular formula is C12H12N4. The van der Waals surface area contributed by atoms with Gasteiger partial charge >= 0.3 is 0 Å². The summed E-state index contributed by atoms with van der Waals surface area (Å²) in [7, 11) is 2.04. The van der Waals surface area contributed by atoms with Crippen LogP contribution < -0.4 is 0 Å². The number of para-hydroxylation sites is 2. The molecule has 1 aromatic carbocycles. The molecule has 2 aromatic heterocycles. The molecule has 0 aliphatic heterocycles. The zero-order valence-electron chi connectivity index (χ0n) is 9.04. The van der Waals surface area contributed by atoms with E-state index in [1.54, 1.807) is 12.5 Å². The van der Waals surface area contributed by atoms with Crippen LogP contribution >= 0.6 is 0 Å². The van der Waals surface area contributed by atoms with Gasteiger partial charge in [-0.1, -0.05) is 12.1 Å². The van der Waals surface area contributed by atoms with Crippen molar-refractivity contribution in [2.75, 3.05) is 0 Å². The summed E-state index contributed by atoms with van der Waals surface area (Å²) in [5.74, 6) is 1.04. The number of imidazole rings is 2. The van der Waals surface area contributed by atoms with Crippen LogP contribution in [0, 0.1) is 0 Å². The van der Waals surface area contributed by atoms with E-state index in [9.17, 15) is 0 Å². The van der Waals surface area contributed by atoms with E-state index >= 15 is 0 Å². The number of rotatable bonds is 2. The molecule has 3 aromatic rings. The molecule has 0 atom stereocenters. The molecule has 3 rings (SSSR count). The zero-order valence-corrected chi connectivity index (χ0v) is 9.04. The van der Waals surface area contributed by atoms with E-state index in [4.69, 9.17) is 0 Å². The van der Waals surface area contributed by atoms with E-state index in [1.165, 1.54) is 0 Å². The molecule has 80 valence electrons. The lowest BCUT2D eigenvalue weighted by molar-refractivity contribution is 0.707. The van der Waals surface area contributed by atoms with Gasteiger partial charge in [-0.25, -0.2) is 9.97 Å². The summed E-state index contributed by atoms with van der Waals surface area (Å²) in [6.45, 7) is 0.755. The fraction of sp³-hybridized carbons (Fsp3) is 0.167. The number of benzene rings is 1. The number of nitrogens with zero attached hydrogens (tertiary/aromatic N) is 4. The molecule has 0 amide bonds. The van der Waals surface area contributed by atoms with Gasteiger partial charge in [0.15, 0.2) is 0 Å². The second-order valence-corrected chi connectivity index (χ2v) is 3.81. The molecule has 0 spiro atoms. The number of fused-ring (bicyclic) bond motifs is 1. The highest BCUT2D eigenvalue weighted by Gasteiger charge is 2.06. The van der Waals surface area contributed by atoms with Gasteiger partial charge in [0.05, 0.1) is 23.9 Å². The average molecular weight is 212 g/mol. The van der Waals surface area contributed by atoms with Crippen molar-refractivity contribution < 1.29 is 0 Å². The Bertz CT molecular complexity index is 607. The third kappa shape index (κ3) is 1.39. The van der Waals surface area contributed by atoms with Crippen molar-refractivity contribution in [2.24, 2.45) is 7.05 Å². The van der Waals surface area contributed by atoms with Gasteiger partial charge in [0.1, 0.15) is 5.82 Å². The van der Waals surface area contributed by atoms with Gasteiger partial charge in [-0.05, 0) is 12.1 Å². The normalized spacial score (nSPS) is 11.1. The van der Waals surface area contributed by atoms with Crippen LogP contribution in [0.1, 0.15) is 5.82 Å². The van der Waals surface area contributed by atoms with Gasteiger partial charge in [-0.15, -0.1) is 0 Å². The molecule has 0 unspecified atom stereocenters. The van der Waals surface area contributed by atoms with Crippen molar-refractivity contribution >= 4 is 11.0 Å². The minimum atomic E-state index is 0.755. The Morgan fingerprint density at radius 1 is 1.25 bits per heavy atom. The van der Waals surface area contributed by atoms with Crippen molar-refractivity contribution in [2.45, 2.75) is 6.54 Å². The summed E-state index contributed by atoms with van der Waals surface area (Å²) in [5.41, 5.74) is 2.21. The van der Waals surface area contributed by atoms with Crippen molar-refractivity contribution in [3.63, 3.8) is 0 Å². The lowest BCUT2D eigenvalue weighted by Crippen LogP contribution is -2.03. The highest BCUT2D eigenvalue weighted by molar-refractivity contribution is 5.75. The van der Waals surface area contributed by atoms with E-state index < -0.39 is 0 Å². The van der Waals surface area contributed by atoms with E-state index in [0.29, 0.717) is 0 Å². The van der Waals surface area contributed by atoms with Crippen molar-refractivity contribution in [3.05, 3.63) is 48.8 Å². The number of hydrogen-bond acceptors (Lipinski definition) is 2. The standard InChI is InChI=1S/C12H12N4/c1-15-11-5-3-2-4-10(11)14-12(15)8-16-7-6-13-9-16/h2-7,9H,8H2,1H3. The molecule has 0 aliphatic rings. The summed E-state index contributed by atoms with van der Waals surface area (Å²) in [6, 6.07) is 8.16. The minimum absolute atomic E-state index is 0.755. The Balaban J connectivity index is 2.07. The van der Waals surface area contributed by atoms with Crippen LogP contribution in [0.15, 0.2) is 43.0 Å². The van der Waals surface area contributed by atoms with Crippen LogP contribution in [0.25, 0.3) is 11.0 Å². The zero-order chi connectivity index (χ0) is 11.0. The van der Waals surface area contributed by atoms with Gasteiger partial charge in [-0.2, -0.15) is 0 Å². The molecule has 0 radical (unpaired) electrons. The molecule has 0 saturated heterocycles. The fourth-order valence-electron chi connectivity index (χ4n) is 1.88. The largest absolute Gasteiger partial charge is 0.330 e. The first kappa shape index (κ1) is 9.15. The van der Waals surface area contributed by atoms with Gasteiger partial charge in [0.25, 0.3) is 0 Å². The second kappa shape index (κ2) is 3.48. The average Bonchev–Trinajstić information content (AvgIpc) is 2.90. The van der Waals surface area contributed by atoms with Crippen molar-refractivity contribution in [3.8, 4) is 0 Å². The van der Waals surface area contributed by atoms with Gasteiger partial charge in [-0.3, -0.25) is 0 Å². The predicted octanol–water partition coefficient (Wildman–Crippen LogP) is 1.82. The molecule has 0 fully saturated rings. The summed E-state index contributed by atoms with van der Waals surface area (Å²) in [6.07, 6.45) is 5.53. The van der Waals surface area contributed by atoms with Gasteiger partial charge < -0.3 is 9.13 Å². The first-order valence-corrected chi connectivity index (χ1v) is 5.20. The molecule has 16 heavy (non-hydrogen) atoms. The highest BCUT2D eigenvalue weighted by atomic mass is 15.1. The van der Waals surface area contributed by atoms with Crippen LogP contribution in [0.5, 0.6) is 0 Å². The lowest BCUT2D eigenvalue weighted by Gasteiger charge is -2.02. The SMILES string of the molecule is Cn1c(Cn2ccnc2)nc2ccccc21. The second-order valence-electron chi connectivity index (χ2n) is 3.81. The maximum Gasteiger partial charge on any atom is 0.129 e. The van der Waals surface area contributed by atoms with Gasteiger partial charge in [0.2, 0.25) is 0 Å². The molecule has 4 heteroatoms. The van der Waals surface area contributed by atoms with Gasteiger partial charge in [0, 0.05) is 19.4 Å². The number of aryl methyl sites for hydroxylation is 1. The predicted molar refractivity (Wildman–Crippen MR) is 62.0 cm³/mol. The molecule has 2 heterocycles.